The Labute approximate surface area is 147 Å². The molecule has 1 aromatic rings. The monoisotopic (exact) mass is 345 g/mol. The summed E-state index contributed by atoms with van der Waals surface area (Å²) < 4.78 is 20.5. The molecular formula is C20H24FNO3. The van der Waals surface area contributed by atoms with Gasteiger partial charge in [0.25, 0.3) is 0 Å². The van der Waals surface area contributed by atoms with Crippen LogP contribution >= 0.6 is 0 Å². The summed E-state index contributed by atoms with van der Waals surface area (Å²) in [5.41, 5.74) is -3.14. The molecule has 1 unspecified atom stereocenters. The maximum absolute atomic E-state index is 15.1. The number of aliphatic hydroxyl groups is 1. The van der Waals surface area contributed by atoms with Crippen LogP contribution in [0.1, 0.15) is 44.7 Å². The standard InChI is InChI=1S/C20H24FNO3/c1-12-5-7-13(8-6-12)20(21,11-22)17(23)25-16-9-14-15(18(14,2)3)10-19(16,4)24/h5-8,14-16,24H,9-10H2,1-4H3/t14-,15+,16-,19-,20?/m1/s1. The molecular weight excluding hydrogens is 321 g/mol. The summed E-state index contributed by atoms with van der Waals surface area (Å²) in [6, 6.07) is 7.56. The molecule has 0 spiro atoms. The van der Waals surface area contributed by atoms with Crippen LogP contribution in [0.15, 0.2) is 24.3 Å². The van der Waals surface area contributed by atoms with Crippen molar-refractivity contribution >= 4 is 5.97 Å². The maximum atomic E-state index is 15.1. The van der Waals surface area contributed by atoms with E-state index in [-0.39, 0.29) is 11.0 Å². The fraction of sp³-hybridized carbons (Fsp3) is 0.600. The van der Waals surface area contributed by atoms with Crippen LogP contribution in [0.4, 0.5) is 4.39 Å². The van der Waals surface area contributed by atoms with Crippen LogP contribution in [0, 0.1) is 35.5 Å². The number of aryl methyl sites for hydroxylation is 1. The van der Waals surface area contributed by atoms with Crippen molar-refractivity contribution in [1.29, 1.82) is 5.26 Å². The van der Waals surface area contributed by atoms with Gasteiger partial charge in [0.2, 0.25) is 0 Å². The Hall–Kier alpha value is -1.93. The van der Waals surface area contributed by atoms with Gasteiger partial charge in [0, 0.05) is 5.56 Å². The molecule has 0 radical (unpaired) electrons. The number of hydrogen-bond donors (Lipinski definition) is 1. The minimum atomic E-state index is -2.88. The molecule has 1 N–H and O–H groups in total. The first-order valence-electron chi connectivity index (χ1n) is 8.63. The minimum Gasteiger partial charge on any atom is -0.456 e. The average Bonchev–Trinajstić information content (AvgIpc) is 3.06. The third-order valence-electron chi connectivity index (χ3n) is 6.22. The topological polar surface area (TPSA) is 70.3 Å². The number of fused-ring (bicyclic) bond motifs is 1. The van der Waals surface area contributed by atoms with E-state index in [1.54, 1.807) is 19.1 Å². The number of ether oxygens (including phenoxy) is 1. The number of alkyl halides is 1. The molecule has 1 aromatic carbocycles. The summed E-state index contributed by atoms with van der Waals surface area (Å²) >= 11 is 0. The maximum Gasteiger partial charge on any atom is 0.364 e. The van der Waals surface area contributed by atoms with Crippen molar-refractivity contribution in [2.45, 2.75) is 57.9 Å². The van der Waals surface area contributed by atoms with Crippen molar-refractivity contribution in [3.8, 4) is 6.07 Å². The lowest BCUT2D eigenvalue weighted by Gasteiger charge is -2.36. The molecule has 5 atom stereocenters. The highest BCUT2D eigenvalue weighted by Crippen LogP contribution is 2.66. The summed E-state index contributed by atoms with van der Waals surface area (Å²) in [6.45, 7) is 7.71. The van der Waals surface area contributed by atoms with Gasteiger partial charge in [-0.05, 0) is 43.9 Å². The normalized spacial score (nSPS) is 35.0. The van der Waals surface area contributed by atoms with Crippen molar-refractivity contribution < 1.29 is 19.0 Å². The summed E-state index contributed by atoms with van der Waals surface area (Å²) in [4.78, 5) is 12.5. The molecule has 0 saturated heterocycles. The van der Waals surface area contributed by atoms with Crippen LogP contribution in [0.2, 0.25) is 0 Å². The number of halogens is 1. The number of carbonyl (C=O) groups is 1. The lowest BCUT2D eigenvalue weighted by atomic mass is 9.83. The molecule has 0 aliphatic heterocycles. The number of esters is 1. The first kappa shape index (κ1) is 17.9. The average molecular weight is 345 g/mol. The van der Waals surface area contributed by atoms with Crippen LogP contribution in [-0.4, -0.2) is 22.8 Å². The third kappa shape index (κ3) is 2.83. The number of hydrogen-bond acceptors (Lipinski definition) is 4. The zero-order valence-electron chi connectivity index (χ0n) is 15.0. The van der Waals surface area contributed by atoms with Crippen LogP contribution in [0.25, 0.3) is 0 Å². The van der Waals surface area contributed by atoms with Gasteiger partial charge in [0.1, 0.15) is 12.2 Å². The van der Waals surface area contributed by atoms with Gasteiger partial charge >= 0.3 is 11.6 Å². The van der Waals surface area contributed by atoms with Gasteiger partial charge in [-0.25, -0.2) is 9.18 Å². The fourth-order valence-electron chi connectivity index (χ4n) is 4.19. The van der Waals surface area contributed by atoms with E-state index in [1.807, 2.05) is 6.92 Å². The van der Waals surface area contributed by atoms with Crippen molar-refractivity contribution in [3.63, 3.8) is 0 Å². The highest BCUT2D eigenvalue weighted by molar-refractivity contribution is 5.85. The van der Waals surface area contributed by atoms with Gasteiger partial charge in [-0.15, -0.1) is 0 Å². The van der Waals surface area contributed by atoms with Gasteiger partial charge in [-0.1, -0.05) is 43.7 Å². The molecule has 2 fully saturated rings. The lowest BCUT2D eigenvalue weighted by Crippen LogP contribution is -2.48. The van der Waals surface area contributed by atoms with Crippen LogP contribution in [0.3, 0.4) is 0 Å². The largest absolute Gasteiger partial charge is 0.456 e. The highest BCUT2D eigenvalue weighted by atomic mass is 19.1. The molecule has 0 bridgehead atoms. The van der Waals surface area contributed by atoms with Gasteiger partial charge in [-0.3, -0.25) is 0 Å². The van der Waals surface area contributed by atoms with Gasteiger partial charge in [-0.2, -0.15) is 5.26 Å². The van der Waals surface area contributed by atoms with Crippen LogP contribution in [0.5, 0.6) is 0 Å². The van der Waals surface area contributed by atoms with Crippen molar-refractivity contribution in [2.75, 3.05) is 0 Å². The molecule has 0 heterocycles. The van der Waals surface area contributed by atoms with Crippen molar-refractivity contribution in [2.24, 2.45) is 17.3 Å². The second-order valence-corrected chi connectivity index (χ2v) is 8.36. The Kier molecular flexibility index (Phi) is 3.96. The van der Waals surface area contributed by atoms with E-state index in [2.05, 4.69) is 13.8 Å². The first-order valence-corrected chi connectivity index (χ1v) is 8.63. The van der Waals surface area contributed by atoms with Crippen molar-refractivity contribution in [3.05, 3.63) is 35.4 Å². The smallest absolute Gasteiger partial charge is 0.364 e. The van der Waals surface area contributed by atoms with Gasteiger partial charge in [0.05, 0.1) is 5.60 Å². The summed E-state index contributed by atoms with van der Waals surface area (Å²) in [5, 5.41) is 20.0. The molecule has 3 rings (SSSR count). The van der Waals surface area contributed by atoms with Crippen molar-refractivity contribution in [1.82, 2.24) is 0 Å². The zero-order valence-corrected chi connectivity index (χ0v) is 15.0. The predicted molar refractivity (Wildman–Crippen MR) is 90.1 cm³/mol. The highest BCUT2D eigenvalue weighted by Gasteiger charge is 2.65. The molecule has 0 aromatic heterocycles. The number of carbonyl (C=O) groups excluding carboxylic acids is 1. The van der Waals surface area contributed by atoms with E-state index >= 15 is 4.39 Å². The predicted octanol–water partition coefficient (Wildman–Crippen LogP) is 3.41. The quantitative estimate of drug-likeness (QED) is 0.852. The molecule has 25 heavy (non-hydrogen) atoms. The molecule has 2 aliphatic carbocycles. The number of nitrogens with zero attached hydrogens (tertiary/aromatic N) is 1. The summed E-state index contributed by atoms with van der Waals surface area (Å²) in [5.74, 6) is -0.511. The Morgan fingerprint density at radius 2 is 1.92 bits per heavy atom. The lowest BCUT2D eigenvalue weighted by molar-refractivity contribution is -0.179. The summed E-state index contributed by atoms with van der Waals surface area (Å²) in [6.07, 6.45) is 0.196. The Morgan fingerprint density at radius 1 is 1.32 bits per heavy atom. The Bertz CT molecular complexity index is 734. The number of rotatable bonds is 3. The van der Waals surface area contributed by atoms with E-state index in [0.29, 0.717) is 24.7 Å². The number of benzene rings is 1. The van der Waals surface area contributed by atoms with E-state index in [0.717, 1.165) is 5.56 Å². The number of nitriles is 1. The molecule has 0 amide bonds. The van der Waals surface area contributed by atoms with E-state index in [4.69, 9.17) is 4.74 Å². The fourth-order valence-corrected chi connectivity index (χ4v) is 4.19. The van der Waals surface area contributed by atoms with Crippen LogP contribution in [-0.2, 0) is 15.2 Å². The van der Waals surface area contributed by atoms with Gasteiger partial charge < -0.3 is 9.84 Å². The second kappa shape index (κ2) is 5.54. The molecule has 4 nitrogen and oxygen atoms in total. The molecule has 2 saturated carbocycles. The molecule has 134 valence electrons. The SMILES string of the molecule is Cc1ccc(C(F)(C#N)C(=O)O[C@@H]2C[C@@H]3[C@H](C[C@@]2(C)O)C3(C)C)cc1. The van der Waals surface area contributed by atoms with Crippen LogP contribution < -0.4 is 0 Å². The third-order valence-corrected chi connectivity index (χ3v) is 6.22. The zero-order chi connectivity index (χ0) is 18.6. The molecule has 5 heteroatoms. The Morgan fingerprint density at radius 3 is 2.48 bits per heavy atom. The summed E-state index contributed by atoms with van der Waals surface area (Å²) in [7, 11) is 0. The van der Waals surface area contributed by atoms with E-state index in [9.17, 15) is 15.2 Å². The second-order valence-electron chi connectivity index (χ2n) is 8.36. The first-order chi connectivity index (χ1) is 11.5. The molecule has 2 aliphatic rings. The minimum absolute atomic E-state index is 0.0503. The van der Waals surface area contributed by atoms with E-state index in [1.165, 1.54) is 18.2 Å². The Balaban J connectivity index is 1.80. The van der Waals surface area contributed by atoms with E-state index < -0.39 is 23.3 Å². The van der Waals surface area contributed by atoms with Gasteiger partial charge in [0.15, 0.2) is 0 Å².